The van der Waals surface area contributed by atoms with Crippen LogP contribution in [0.4, 0.5) is 0 Å². The van der Waals surface area contributed by atoms with Crippen LogP contribution in [0.1, 0.15) is 174 Å². The van der Waals surface area contributed by atoms with Gasteiger partial charge in [-0.3, -0.25) is 9.35 Å². The normalized spacial score (nSPS) is 22.7. The monoisotopic (exact) mass is 770 g/mol. The van der Waals surface area contributed by atoms with Crippen LogP contribution in [0.5, 0.6) is 0 Å². The molecule has 1 heterocycles. The molecule has 0 aromatic heterocycles. The summed E-state index contributed by atoms with van der Waals surface area (Å²) in [4.78, 5) is 13.0. The van der Waals surface area contributed by atoms with E-state index < -0.39 is 78.5 Å². The van der Waals surface area contributed by atoms with E-state index >= 15 is 0 Å². The molecule has 1 rings (SSSR count). The predicted molar refractivity (Wildman–Crippen MR) is 201 cm³/mol. The molecule has 1 aliphatic heterocycles. The average Bonchev–Trinajstić information content (AvgIpc) is 3.11. The van der Waals surface area contributed by atoms with Crippen LogP contribution < -0.4 is 5.32 Å². The number of carbonyl (C=O) groups is 1. The van der Waals surface area contributed by atoms with Crippen molar-refractivity contribution in [2.75, 3.05) is 13.2 Å². The molecule has 13 nitrogen and oxygen atoms in total. The molecule has 0 aromatic carbocycles. The molecule has 0 aromatic rings. The topological polar surface area (TPSA) is 212 Å². The number of aliphatic hydroxyl groups excluding tert-OH is 5. The largest absolute Gasteiger partial charge is 0.397 e. The van der Waals surface area contributed by atoms with Crippen LogP contribution in [-0.4, -0.2) is 107 Å². The maximum absolute atomic E-state index is 13.0. The minimum atomic E-state index is -5.10. The highest BCUT2D eigenvalue weighted by Gasteiger charge is 2.48. The van der Waals surface area contributed by atoms with Gasteiger partial charge in [-0.25, -0.2) is 4.18 Å². The van der Waals surface area contributed by atoms with Gasteiger partial charge in [-0.2, -0.15) is 8.42 Å². The van der Waals surface area contributed by atoms with Gasteiger partial charge in [0.25, 0.3) is 0 Å². The van der Waals surface area contributed by atoms with Crippen LogP contribution >= 0.6 is 0 Å². The van der Waals surface area contributed by atoms with Gasteiger partial charge >= 0.3 is 10.4 Å². The van der Waals surface area contributed by atoms with Gasteiger partial charge in [-0.1, -0.05) is 162 Å². The molecule has 0 bridgehead atoms. The van der Waals surface area contributed by atoms with Gasteiger partial charge in [0.05, 0.1) is 25.4 Å². The van der Waals surface area contributed by atoms with E-state index in [1.54, 1.807) is 0 Å². The van der Waals surface area contributed by atoms with Crippen LogP contribution in [-0.2, 0) is 28.9 Å². The fourth-order valence-electron chi connectivity index (χ4n) is 6.70. The summed E-state index contributed by atoms with van der Waals surface area (Å²) in [6, 6.07) is -1.02. The second-order valence-electron chi connectivity index (χ2n) is 14.7. The lowest BCUT2D eigenvalue weighted by atomic mass is 9.99. The van der Waals surface area contributed by atoms with Crippen LogP contribution in [0.3, 0.4) is 0 Å². The summed E-state index contributed by atoms with van der Waals surface area (Å²) in [5.41, 5.74) is 0. The van der Waals surface area contributed by atoms with Gasteiger partial charge in [0.1, 0.15) is 30.5 Å². The third-order valence-corrected chi connectivity index (χ3v) is 10.5. The lowest BCUT2D eigenvalue weighted by Crippen LogP contribution is -2.61. The fourth-order valence-corrected chi connectivity index (χ4v) is 7.21. The van der Waals surface area contributed by atoms with Crippen molar-refractivity contribution in [3.8, 4) is 0 Å². The minimum Gasteiger partial charge on any atom is -0.394 e. The van der Waals surface area contributed by atoms with E-state index in [1.165, 1.54) is 96.3 Å². The summed E-state index contributed by atoms with van der Waals surface area (Å²) in [6.45, 7) is 3.22. The predicted octanol–water partition coefficient (Wildman–Crippen LogP) is 5.63. The molecule has 1 amide bonds. The Labute approximate surface area is 314 Å². The number of unbranched alkanes of at least 4 members (excludes halogenated alkanes) is 21. The van der Waals surface area contributed by atoms with Crippen molar-refractivity contribution in [3.63, 3.8) is 0 Å². The highest BCUT2D eigenvalue weighted by atomic mass is 32.3. The zero-order valence-corrected chi connectivity index (χ0v) is 33.1. The Kier molecular flexibility index (Phi) is 28.6. The Morgan fingerprint density at radius 3 is 1.54 bits per heavy atom. The first-order valence-electron chi connectivity index (χ1n) is 20.5. The highest BCUT2D eigenvalue weighted by Crippen LogP contribution is 2.26. The summed E-state index contributed by atoms with van der Waals surface area (Å²) in [5, 5.41) is 55.0. The Bertz CT molecular complexity index is 974. The number of hydrogen-bond donors (Lipinski definition) is 7. The number of carbonyl (C=O) groups excluding carboxylic acids is 1. The second kappa shape index (κ2) is 30.3. The number of nitrogens with one attached hydrogen (secondary N) is 1. The average molecular weight is 770 g/mol. The number of hydrogen-bond acceptors (Lipinski definition) is 11. The molecule has 0 spiro atoms. The van der Waals surface area contributed by atoms with Crippen molar-refractivity contribution >= 4 is 16.3 Å². The molecular weight excluding hydrogens is 694 g/mol. The molecule has 52 heavy (non-hydrogen) atoms. The number of amides is 1. The summed E-state index contributed by atoms with van der Waals surface area (Å²) in [5.74, 6) is -0.672. The quantitative estimate of drug-likeness (QED) is 0.0314. The molecule has 0 saturated carbocycles. The van der Waals surface area contributed by atoms with E-state index in [0.29, 0.717) is 19.3 Å². The van der Waals surface area contributed by atoms with Crippen molar-refractivity contribution in [3.05, 3.63) is 0 Å². The molecule has 1 fully saturated rings. The van der Waals surface area contributed by atoms with Crippen molar-refractivity contribution in [1.82, 2.24) is 5.32 Å². The van der Waals surface area contributed by atoms with Crippen molar-refractivity contribution < 1.29 is 57.0 Å². The summed E-state index contributed by atoms with van der Waals surface area (Å²) >= 11 is 0. The third kappa shape index (κ3) is 23.1. The van der Waals surface area contributed by atoms with E-state index in [9.17, 15) is 38.7 Å². The van der Waals surface area contributed by atoms with Crippen molar-refractivity contribution in [1.29, 1.82) is 0 Å². The zero-order valence-electron chi connectivity index (χ0n) is 32.3. The Balaban J connectivity index is 2.64. The van der Waals surface area contributed by atoms with E-state index in [2.05, 4.69) is 23.3 Å². The summed E-state index contributed by atoms with van der Waals surface area (Å²) in [6.07, 6.45) is 16.0. The lowest BCUT2D eigenvalue weighted by Gasteiger charge is -2.41. The highest BCUT2D eigenvalue weighted by molar-refractivity contribution is 7.80. The lowest BCUT2D eigenvalue weighted by molar-refractivity contribution is -0.298. The smallest absolute Gasteiger partial charge is 0.394 e. The van der Waals surface area contributed by atoms with E-state index in [0.717, 1.165) is 38.5 Å². The number of aliphatic hydroxyl groups is 5. The van der Waals surface area contributed by atoms with Crippen LogP contribution in [0.2, 0.25) is 0 Å². The molecule has 310 valence electrons. The van der Waals surface area contributed by atoms with E-state index in [4.69, 9.17) is 14.0 Å². The van der Waals surface area contributed by atoms with Crippen LogP contribution in [0.15, 0.2) is 0 Å². The minimum absolute atomic E-state index is 0.263. The number of rotatable bonds is 34. The van der Waals surface area contributed by atoms with Crippen LogP contribution in [0, 0.1) is 0 Å². The molecule has 0 radical (unpaired) electrons. The fraction of sp³-hybridized carbons (Fsp3) is 0.974. The van der Waals surface area contributed by atoms with Gasteiger partial charge in [-0.05, 0) is 12.8 Å². The Morgan fingerprint density at radius 2 is 1.12 bits per heavy atom. The molecule has 8 atom stereocenters. The van der Waals surface area contributed by atoms with Crippen LogP contribution in [0.25, 0.3) is 0 Å². The van der Waals surface area contributed by atoms with Gasteiger partial charge in [0.2, 0.25) is 5.91 Å². The molecular formula is C38H75NO12S. The molecule has 0 aliphatic carbocycles. The first kappa shape index (κ1) is 49.1. The maximum Gasteiger partial charge on any atom is 0.397 e. The summed E-state index contributed by atoms with van der Waals surface area (Å²) in [7, 11) is -5.10. The molecule has 1 aliphatic rings. The number of ether oxygens (including phenoxy) is 2. The molecule has 1 saturated heterocycles. The van der Waals surface area contributed by atoms with Crippen molar-refractivity contribution in [2.24, 2.45) is 0 Å². The van der Waals surface area contributed by atoms with E-state index in [1.807, 2.05) is 0 Å². The SMILES string of the molecule is CCCCCCCCCCCCCCCCC(O)C(COC1OC(CO)C(O)C(OS(=O)(=O)O)C1O)NC(=O)C(O)CCCCCCCCCCC. The van der Waals surface area contributed by atoms with Gasteiger partial charge < -0.3 is 40.3 Å². The van der Waals surface area contributed by atoms with Gasteiger partial charge in [0, 0.05) is 0 Å². The second-order valence-corrected chi connectivity index (χ2v) is 15.8. The molecule has 7 N–H and O–H groups in total. The maximum atomic E-state index is 13.0. The zero-order chi connectivity index (χ0) is 38.6. The molecule has 8 unspecified atom stereocenters. The van der Waals surface area contributed by atoms with E-state index in [-0.39, 0.29) is 6.42 Å². The first-order valence-corrected chi connectivity index (χ1v) is 21.9. The Hall–Kier alpha value is -0.940. The third-order valence-electron chi connectivity index (χ3n) is 10.0. The molecule has 14 heteroatoms. The van der Waals surface area contributed by atoms with Gasteiger partial charge in [0.15, 0.2) is 6.29 Å². The standard InChI is InChI=1S/C38H75NO12S/c1-3-5-7-9-11-13-14-15-16-17-19-20-22-24-26-31(41)30(39-37(45)32(42)27-25-23-21-18-12-10-8-6-4-2)29-49-38-35(44)36(51-52(46,47)48)34(43)33(28-40)50-38/h30-36,38,40-44H,3-29H2,1-2H3,(H,39,45)(H,46,47,48). The van der Waals surface area contributed by atoms with Gasteiger partial charge in [-0.15, -0.1) is 0 Å². The summed E-state index contributed by atoms with van der Waals surface area (Å²) < 4.78 is 47.3. The first-order chi connectivity index (χ1) is 24.9. The Morgan fingerprint density at radius 1 is 0.692 bits per heavy atom. The van der Waals surface area contributed by atoms with Crippen molar-refractivity contribution in [2.45, 2.75) is 223 Å².